The van der Waals surface area contributed by atoms with Crippen LogP contribution >= 0.6 is 7.26 Å². The van der Waals surface area contributed by atoms with Crippen LogP contribution < -0.4 is 0 Å². The molecule has 0 atom stereocenters. The first-order valence-corrected chi connectivity index (χ1v) is 8.10. The molecule has 0 nitrogen and oxygen atoms in total. The molecular weight excluding hydrogens is 199 g/mol. The van der Waals surface area contributed by atoms with Gasteiger partial charge in [0.2, 0.25) is 0 Å². The first-order chi connectivity index (χ1) is 7.29. The molecule has 0 bridgehead atoms. The zero-order chi connectivity index (χ0) is 11.1. The molecule has 15 heavy (non-hydrogen) atoms. The van der Waals surface area contributed by atoms with Gasteiger partial charge < -0.3 is 0 Å². The van der Waals surface area contributed by atoms with E-state index in [2.05, 4.69) is 56.2 Å². The molecule has 0 N–H and O–H groups in total. The molecule has 0 aromatic rings. The summed E-state index contributed by atoms with van der Waals surface area (Å²) in [5.41, 5.74) is 0. The molecule has 1 aliphatic carbocycles. The van der Waals surface area contributed by atoms with Crippen LogP contribution in [0.3, 0.4) is 0 Å². The van der Waals surface area contributed by atoms with Crippen molar-refractivity contribution < 1.29 is 0 Å². The summed E-state index contributed by atoms with van der Waals surface area (Å²) in [5.74, 6) is 0. The quantitative estimate of drug-likeness (QED) is 0.447. The first kappa shape index (κ1) is 12.2. The molecule has 1 aliphatic rings. The number of hydrogen-bond acceptors (Lipinski definition) is 0. The SMILES string of the molecule is C=CC[PH](CC=C)(CC=C)C1=CC=CC1. The van der Waals surface area contributed by atoms with Crippen molar-refractivity contribution in [2.75, 3.05) is 18.5 Å². The van der Waals surface area contributed by atoms with E-state index in [-0.39, 0.29) is 0 Å². The monoisotopic (exact) mass is 220 g/mol. The fourth-order valence-corrected chi connectivity index (χ4v) is 6.26. The third-order valence-corrected chi connectivity index (χ3v) is 8.00. The van der Waals surface area contributed by atoms with E-state index in [1.807, 2.05) is 0 Å². The molecule has 0 saturated heterocycles. The van der Waals surface area contributed by atoms with Crippen LogP contribution in [0.1, 0.15) is 6.42 Å². The fourth-order valence-electron chi connectivity index (χ4n) is 2.31. The summed E-state index contributed by atoms with van der Waals surface area (Å²) < 4.78 is 0. The van der Waals surface area contributed by atoms with Gasteiger partial charge in [-0.3, -0.25) is 0 Å². The Morgan fingerprint density at radius 2 is 1.60 bits per heavy atom. The molecule has 0 unspecified atom stereocenters. The van der Waals surface area contributed by atoms with Gasteiger partial charge in [0.25, 0.3) is 0 Å². The summed E-state index contributed by atoms with van der Waals surface area (Å²) in [6.45, 7) is 11.7. The third-order valence-electron chi connectivity index (χ3n) is 3.06. The summed E-state index contributed by atoms with van der Waals surface area (Å²) in [6, 6.07) is 0. The van der Waals surface area contributed by atoms with E-state index in [0.29, 0.717) is 0 Å². The van der Waals surface area contributed by atoms with Gasteiger partial charge in [-0.05, 0) is 0 Å². The molecule has 0 heterocycles. The van der Waals surface area contributed by atoms with Crippen LogP contribution in [0.25, 0.3) is 0 Å². The zero-order valence-corrected chi connectivity index (χ0v) is 10.4. The van der Waals surface area contributed by atoms with E-state index in [9.17, 15) is 0 Å². The van der Waals surface area contributed by atoms with Crippen LogP contribution in [0.15, 0.2) is 61.5 Å². The predicted molar refractivity (Wildman–Crippen MR) is 75.3 cm³/mol. The van der Waals surface area contributed by atoms with E-state index < -0.39 is 7.26 Å². The molecule has 0 radical (unpaired) electrons. The second kappa shape index (κ2) is 5.88. The number of allylic oxidation sites excluding steroid dienone is 7. The number of hydrogen-bond donors (Lipinski definition) is 0. The molecule has 0 spiro atoms. The van der Waals surface area contributed by atoms with E-state index >= 15 is 0 Å². The van der Waals surface area contributed by atoms with Gasteiger partial charge in [-0.15, -0.1) is 0 Å². The molecule has 0 amide bonds. The molecule has 0 aromatic carbocycles. The average molecular weight is 220 g/mol. The van der Waals surface area contributed by atoms with Gasteiger partial charge in [-0.25, -0.2) is 0 Å². The van der Waals surface area contributed by atoms with Gasteiger partial charge >= 0.3 is 93.7 Å². The Morgan fingerprint density at radius 3 is 1.93 bits per heavy atom. The summed E-state index contributed by atoms with van der Waals surface area (Å²) in [4.78, 5) is 0. The summed E-state index contributed by atoms with van der Waals surface area (Å²) in [6.07, 6.45) is 17.5. The second-order valence-electron chi connectivity index (χ2n) is 4.08. The molecule has 0 saturated carbocycles. The van der Waals surface area contributed by atoms with E-state index in [1.54, 1.807) is 5.31 Å². The van der Waals surface area contributed by atoms with Gasteiger partial charge in [0.15, 0.2) is 0 Å². The molecule has 0 aromatic heterocycles. The van der Waals surface area contributed by atoms with Crippen molar-refractivity contribution >= 4 is 7.26 Å². The van der Waals surface area contributed by atoms with Gasteiger partial charge in [0, 0.05) is 0 Å². The van der Waals surface area contributed by atoms with Crippen molar-refractivity contribution in [2.45, 2.75) is 6.42 Å². The van der Waals surface area contributed by atoms with Crippen LogP contribution in [0.4, 0.5) is 0 Å². The second-order valence-corrected chi connectivity index (χ2v) is 8.51. The Morgan fingerprint density at radius 1 is 1.07 bits per heavy atom. The van der Waals surface area contributed by atoms with Crippen LogP contribution in [0.5, 0.6) is 0 Å². The summed E-state index contributed by atoms with van der Waals surface area (Å²) >= 11 is 0. The van der Waals surface area contributed by atoms with Crippen molar-refractivity contribution in [3.63, 3.8) is 0 Å². The van der Waals surface area contributed by atoms with Crippen molar-refractivity contribution in [3.05, 3.63) is 61.5 Å². The van der Waals surface area contributed by atoms with E-state index in [4.69, 9.17) is 0 Å². The third kappa shape index (κ3) is 2.79. The summed E-state index contributed by atoms with van der Waals surface area (Å²) in [7, 11) is -1.42. The van der Waals surface area contributed by atoms with E-state index in [1.165, 1.54) is 0 Å². The minimum atomic E-state index is -1.42. The zero-order valence-electron chi connectivity index (χ0n) is 9.41. The topological polar surface area (TPSA) is 0 Å². The van der Waals surface area contributed by atoms with Crippen LogP contribution in [-0.4, -0.2) is 18.5 Å². The van der Waals surface area contributed by atoms with Crippen molar-refractivity contribution in [2.24, 2.45) is 0 Å². The molecule has 82 valence electrons. The van der Waals surface area contributed by atoms with Gasteiger partial charge in [-0.2, -0.15) is 0 Å². The van der Waals surface area contributed by atoms with Gasteiger partial charge in [0.1, 0.15) is 0 Å². The Labute approximate surface area is 94.1 Å². The Hall–Kier alpha value is -0.870. The molecule has 0 aliphatic heterocycles. The normalized spacial score (nSPS) is 15.9. The van der Waals surface area contributed by atoms with Crippen molar-refractivity contribution in [3.8, 4) is 0 Å². The number of rotatable bonds is 7. The Balaban J connectivity index is 2.93. The van der Waals surface area contributed by atoms with Crippen LogP contribution in [-0.2, 0) is 0 Å². The van der Waals surface area contributed by atoms with Gasteiger partial charge in [-0.1, -0.05) is 0 Å². The average Bonchev–Trinajstić information content (AvgIpc) is 2.72. The fraction of sp³-hybridized carbons (Fsp3) is 0.286. The minimum absolute atomic E-state index is 1.13. The summed E-state index contributed by atoms with van der Waals surface area (Å²) in [5, 5.41) is 1.63. The molecule has 0 fully saturated rings. The van der Waals surface area contributed by atoms with E-state index in [0.717, 1.165) is 24.9 Å². The molecule has 1 heteroatoms. The van der Waals surface area contributed by atoms with Crippen LogP contribution in [0, 0.1) is 0 Å². The molecular formula is C14H21P. The Kier molecular flexibility index (Phi) is 4.78. The molecule has 1 rings (SSSR count). The maximum atomic E-state index is 3.90. The van der Waals surface area contributed by atoms with Crippen molar-refractivity contribution in [1.29, 1.82) is 0 Å². The first-order valence-electron chi connectivity index (χ1n) is 5.48. The van der Waals surface area contributed by atoms with Crippen LogP contribution in [0.2, 0.25) is 0 Å². The standard InChI is InChI=1S/C14H21P/c1-4-11-15(12-5-2,13-6-3)14-9-7-8-10-14/h4-9,15H,1-3,10-13H2. The van der Waals surface area contributed by atoms with Gasteiger partial charge in [0.05, 0.1) is 0 Å². The Bertz CT molecular complexity index is 281. The maximum absolute atomic E-state index is 3.90. The van der Waals surface area contributed by atoms with Crippen molar-refractivity contribution in [1.82, 2.24) is 0 Å². The predicted octanol–water partition coefficient (Wildman–Crippen LogP) is 4.14.